The summed E-state index contributed by atoms with van der Waals surface area (Å²) >= 11 is 0. The average Bonchev–Trinajstić information content (AvgIpc) is 2.00. The van der Waals surface area contributed by atoms with Crippen molar-refractivity contribution in [1.29, 1.82) is 0 Å². The molecular formula is C5H11O7P. The number of hydrogen-bond donors (Lipinski definition) is 6. The van der Waals surface area contributed by atoms with E-state index in [4.69, 9.17) is 41.0 Å². The highest BCUT2D eigenvalue weighted by Crippen LogP contribution is 2.25. The summed E-state index contributed by atoms with van der Waals surface area (Å²) in [5, 5.41) is 25.2. The Bertz CT molecular complexity index is 201. The molecule has 0 unspecified atom stereocenters. The summed E-state index contributed by atoms with van der Waals surface area (Å²) in [7, 11) is -4.64. The van der Waals surface area contributed by atoms with Crippen LogP contribution in [-0.4, -0.2) is 48.8 Å². The zero-order chi connectivity index (χ0) is 11.1. The quantitative estimate of drug-likeness (QED) is 0.219. The Balaban J connectivity index is 0. The van der Waals surface area contributed by atoms with Gasteiger partial charge in [0.15, 0.2) is 5.60 Å². The van der Waals surface area contributed by atoms with Crippen molar-refractivity contribution in [3.05, 3.63) is 0 Å². The van der Waals surface area contributed by atoms with Crippen molar-refractivity contribution in [2.75, 3.05) is 13.2 Å². The number of rotatable bonds is 2. The maximum absolute atomic E-state index is 8.88. The molecule has 8 heteroatoms. The second-order valence-electron chi connectivity index (χ2n) is 2.01. The highest BCUT2D eigenvalue weighted by atomic mass is 31.2. The topological polar surface area (TPSA) is 138 Å². The van der Waals surface area contributed by atoms with Crippen molar-refractivity contribution in [2.24, 2.45) is 0 Å². The lowest BCUT2D eigenvalue weighted by molar-refractivity contribution is -0.00926. The molecule has 13 heavy (non-hydrogen) atoms. The molecule has 0 aliphatic carbocycles. The molecular weight excluding hydrogens is 203 g/mol. The molecule has 0 spiro atoms. The number of terminal acetylenes is 1. The summed E-state index contributed by atoms with van der Waals surface area (Å²) < 4.78 is 8.88. The molecule has 0 bridgehead atoms. The van der Waals surface area contributed by atoms with Gasteiger partial charge in [0, 0.05) is 0 Å². The van der Waals surface area contributed by atoms with Crippen molar-refractivity contribution in [1.82, 2.24) is 0 Å². The van der Waals surface area contributed by atoms with Crippen LogP contribution >= 0.6 is 7.82 Å². The normalized spacial score (nSPS) is 11.2. The van der Waals surface area contributed by atoms with Crippen LogP contribution in [0.2, 0.25) is 0 Å². The van der Waals surface area contributed by atoms with Crippen LogP contribution in [0.5, 0.6) is 0 Å². The van der Waals surface area contributed by atoms with Crippen molar-refractivity contribution in [2.45, 2.75) is 5.60 Å². The maximum atomic E-state index is 8.88. The summed E-state index contributed by atoms with van der Waals surface area (Å²) in [5.74, 6) is 1.83. The number of aliphatic hydroxyl groups excluding tert-OH is 2. The highest BCUT2D eigenvalue weighted by molar-refractivity contribution is 7.45. The monoisotopic (exact) mass is 214 g/mol. The third-order valence-corrected chi connectivity index (χ3v) is 0.792. The van der Waals surface area contributed by atoms with Gasteiger partial charge >= 0.3 is 7.82 Å². The minimum Gasteiger partial charge on any atom is -0.392 e. The molecule has 0 heterocycles. The van der Waals surface area contributed by atoms with Crippen LogP contribution in [-0.2, 0) is 4.57 Å². The van der Waals surface area contributed by atoms with Gasteiger partial charge in [0.05, 0.1) is 13.2 Å². The van der Waals surface area contributed by atoms with E-state index in [0.717, 1.165) is 0 Å². The molecule has 0 amide bonds. The molecule has 0 aromatic carbocycles. The van der Waals surface area contributed by atoms with E-state index in [-0.39, 0.29) is 0 Å². The van der Waals surface area contributed by atoms with Gasteiger partial charge in [-0.15, -0.1) is 6.42 Å². The Hall–Kier alpha value is -0.450. The van der Waals surface area contributed by atoms with Crippen molar-refractivity contribution < 1.29 is 34.6 Å². The first kappa shape index (κ1) is 15.0. The summed E-state index contributed by atoms with van der Waals surface area (Å²) in [5.41, 5.74) is -1.74. The first-order chi connectivity index (χ1) is 5.68. The van der Waals surface area contributed by atoms with E-state index in [1.54, 1.807) is 0 Å². The number of aliphatic hydroxyl groups is 3. The third-order valence-electron chi connectivity index (χ3n) is 0.792. The maximum Gasteiger partial charge on any atom is 0.466 e. The van der Waals surface area contributed by atoms with E-state index in [1.807, 2.05) is 5.92 Å². The van der Waals surface area contributed by atoms with E-state index in [0.29, 0.717) is 0 Å². The van der Waals surface area contributed by atoms with E-state index in [1.165, 1.54) is 0 Å². The molecule has 0 atom stereocenters. The van der Waals surface area contributed by atoms with Gasteiger partial charge in [-0.25, -0.2) is 4.57 Å². The zero-order valence-electron chi connectivity index (χ0n) is 6.53. The minimum absolute atomic E-state index is 0.611. The second-order valence-corrected chi connectivity index (χ2v) is 3.03. The van der Waals surface area contributed by atoms with E-state index in [9.17, 15) is 0 Å². The van der Waals surface area contributed by atoms with E-state index in [2.05, 4.69) is 0 Å². The van der Waals surface area contributed by atoms with Crippen LogP contribution in [0.4, 0.5) is 0 Å². The highest BCUT2D eigenvalue weighted by Gasteiger charge is 2.20. The SMILES string of the molecule is C#CC(O)(CO)CO.O=P(O)(O)O. The van der Waals surface area contributed by atoms with Gasteiger partial charge in [-0.2, -0.15) is 0 Å². The fraction of sp³-hybridized carbons (Fsp3) is 0.600. The predicted molar refractivity (Wildman–Crippen MR) is 42.2 cm³/mol. The van der Waals surface area contributed by atoms with Gasteiger partial charge in [-0.3, -0.25) is 0 Å². The molecule has 6 N–H and O–H groups in total. The molecule has 0 rings (SSSR count). The molecule has 0 aliphatic heterocycles. The van der Waals surface area contributed by atoms with Crippen LogP contribution in [0.1, 0.15) is 0 Å². The predicted octanol–water partition coefficient (Wildman–Crippen LogP) is -2.59. The van der Waals surface area contributed by atoms with Gasteiger partial charge in [0.25, 0.3) is 0 Å². The van der Waals surface area contributed by atoms with Crippen LogP contribution < -0.4 is 0 Å². The Morgan fingerprint density at radius 2 is 1.46 bits per heavy atom. The summed E-state index contributed by atoms with van der Waals surface area (Å²) in [6, 6.07) is 0. The largest absolute Gasteiger partial charge is 0.466 e. The number of hydrogen-bond acceptors (Lipinski definition) is 4. The smallest absolute Gasteiger partial charge is 0.392 e. The lowest BCUT2D eigenvalue weighted by Gasteiger charge is -2.13. The lowest BCUT2D eigenvalue weighted by Crippen LogP contribution is -2.35. The zero-order valence-corrected chi connectivity index (χ0v) is 7.42. The van der Waals surface area contributed by atoms with Crippen LogP contribution in [0.15, 0.2) is 0 Å². The van der Waals surface area contributed by atoms with Crippen LogP contribution in [0, 0.1) is 12.3 Å². The summed E-state index contributed by atoms with van der Waals surface area (Å²) in [6.07, 6.45) is 4.71. The summed E-state index contributed by atoms with van der Waals surface area (Å²) in [4.78, 5) is 21.6. The van der Waals surface area contributed by atoms with Gasteiger partial charge in [0.1, 0.15) is 0 Å². The average molecular weight is 214 g/mol. The van der Waals surface area contributed by atoms with E-state index < -0.39 is 26.6 Å². The van der Waals surface area contributed by atoms with Gasteiger partial charge in [0.2, 0.25) is 0 Å². The Morgan fingerprint density at radius 3 is 1.46 bits per heavy atom. The molecule has 0 radical (unpaired) electrons. The number of phosphoric acid groups is 1. The minimum atomic E-state index is -4.64. The second kappa shape index (κ2) is 6.07. The molecule has 0 aliphatic rings. The van der Waals surface area contributed by atoms with Crippen molar-refractivity contribution >= 4 is 7.82 Å². The van der Waals surface area contributed by atoms with E-state index >= 15 is 0 Å². The summed E-state index contributed by atoms with van der Waals surface area (Å²) in [6.45, 7) is -1.22. The van der Waals surface area contributed by atoms with Crippen LogP contribution in [0.25, 0.3) is 0 Å². The first-order valence-corrected chi connectivity index (χ1v) is 4.45. The van der Waals surface area contributed by atoms with Gasteiger partial charge in [-0.1, -0.05) is 5.92 Å². The van der Waals surface area contributed by atoms with Crippen LogP contribution in [0.3, 0.4) is 0 Å². The molecule has 7 nitrogen and oxygen atoms in total. The Morgan fingerprint density at radius 1 is 1.23 bits per heavy atom. The third kappa shape index (κ3) is 14.4. The Kier molecular flexibility index (Phi) is 7.03. The molecule has 0 saturated heterocycles. The van der Waals surface area contributed by atoms with Crippen molar-refractivity contribution in [3.63, 3.8) is 0 Å². The standard InChI is InChI=1S/C5H8O3.H3O4P/c1-2-5(8,3-6)4-7;1-5(2,3)4/h1,6-8H,3-4H2;(H3,1,2,3,4). The van der Waals surface area contributed by atoms with Gasteiger partial charge < -0.3 is 30.0 Å². The molecule has 0 aromatic rings. The lowest BCUT2D eigenvalue weighted by atomic mass is 10.1. The molecule has 0 aromatic heterocycles. The molecule has 78 valence electrons. The first-order valence-electron chi connectivity index (χ1n) is 2.88. The Labute approximate surface area is 74.5 Å². The van der Waals surface area contributed by atoms with Crippen molar-refractivity contribution in [3.8, 4) is 12.3 Å². The molecule has 0 fully saturated rings. The molecule has 0 saturated carbocycles. The fourth-order valence-electron chi connectivity index (χ4n) is 0.141. The fourth-order valence-corrected chi connectivity index (χ4v) is 0.141. The van der Waals surface area contributed by atoms with Gasteiger partial charge in [-0.05, 0) is 0 Å².